The third-order valence-electron chi connectivity index (χ3n) is 6.58. The molecule has 204 valence electrons. The van der Waals surface area contributed by atoms with Gasteiger partial charge in [-0.1, -0.05) is 60.7 Å². The van der Waals surface area contributed by atoms with E-state index in [4.69, 9.17) is 0 Å². The van der Waals surface area contributed by atoms with Gasteiger partial charge in [-0.2, -0.15) is 0 Å². The van der Waals surface area contributed by atoms with Crippen molar-refractivity contribution < 1.29 is 24.3 Å². The summed E-state index contributed by atoms with van der Waals surface area (Å²) in [5, 5.41) is 18.8. The van der Waals surface area contributed by atoms with Crippen molar-refractivity contribution in [3.8, 4) is 0 Å². The van der Waals surface area contributed by atoms with Crippen LogP contribution in [-0.4, -0.2) is 39.8 Å². The molecule has 5 N–H and O–H groups in total. The van der Waals surface area contributed by atoms with E-state index in [9.17, 15) is 24.3 Å². The van der Waals surface area contributed by atoms with Crippen LogP contribution < -0.4 is 16.0 Å². The van der Waals surface area contributed by atoms with Crippen LogP contribution in [0.1, 0.15) is 36.6 Å². The number of amides is 3. The van der Waals surface area contributed by atoms with Crippen molar-refractivity contribution in [2.75, 3.05) is 10.6 Å². The van der Waals surface area contributed by atoms with Crippen molar-refractivity contribution in [2.24, 2.45) is 0 Å². The molecule has 0 aliphatic carbocycles. The molecule has 1 atom stereocenters. The number of H-pyrrole nitrogens is 1. The molecule has 5 aromatic rings. The minimum absolute atomic E-state index is 0.0636. The first-order valence-electron chi connectivity index (χ1n) is 12.8. The summed E-state index contributed by atoms with van der Waals surface area (Å²) in [5.74, 6) is -2.77. The smallest absolute Gasteiger partial charge is 0.326 e. The number of benzene rings is 4. The Morgan fingerprint density at radius 3 is 1.90 bits per heavy atom. The van der Waals surface area contributed by atoms with Crippen LogP contribution in [0.25, 0.3) is 10.9 Å². The molecule has 5 rings (SSSR count). The lowest BCUT2D eigenvalue weighted by Crippen LogP contribution is -2.42. The van der Waals surface area contributed by atoms with Crippen molar-refractivity contribution in [3.05, 3.63) is 132 Å². The zero-order valence-electron chi connectivity index (χ0n) is 21.8. The number of carboxylic acids is 1. The topological polar surface area (TPSA) is 140 Å². The summed E-state index contributed by atoms with van der Waals surface area (Å²) in [4.78, 5) is 54.4. The highest BCUT2D eigenvalue weighted by Gasteiger charge is 2.24. The molecule has 0 aliphatic rings. The molecule has 0 radical (unpaired) electrons. The highest BCUT2D eigenvalue weighted by Crippen LogP contribution is 2.22. The first-order chi connectivity index (χ1) is 19.9. The minimum Gasteiger partial charge on any atom is -0.480 e. The second kappa shape index (κ2) is 12.0. The third-order valence-corrected chi connectivity index (χ3v) is 6.58. The molecule has 9 heteroatoms. The van der Waals surface area contributed by atoms with Gasteiger partial charge in [-0.3, -0.25) is 14.4 Å². The number of aliphatic carboxylic acids is 1. The summed E-state index contributed by atoms with van der Waals surface area (Å²) in [6.45, 7) is 0. The normalized spacial score (nSPS) is 11.4. The summed E-state index contributed by atoms with van der Waals surface area (Å²) in [6.07, 6.45) is 1.79. The molecule has 9 nitrogen and oxygen atoms in total. The SMILES string of the molecule is O=C(Nc1ccccc1C(=O)Nc1ccccc1C(=O)N[C@@H](Cc1c[nH]c2ccccc12)C(=O)O)c1ccccc1. The molecular formula is C32H26N4O5. The lowest BCUT2D eigenvalue weighted by atomic mass is 10.0. The van der Waals surface area contributed by atoms with E-state index < -0.39 is 23.8 Å². The van der Waals surface area contributed by atoms with Gasteiger partial charge in [0.05, 0.1) is 22.5 Å². The highest BCUT2D eigenvalue weighted by molar-refractivity contribution is 6.14. The summed E-state index contributed by atoms with van der Waals surface area (Å²) in [7, 11) is 0. The summed E-state index contributed by atoms with van der Waals surface area (Å²) < 4.78 is 0. The number of rotatable bonds is 9. The monoisotopic (exact) mass is 546 g/mol. The van der Waals surface area contributed by atoms with E-state index >= 15 is 0 Å². The minimum atomic E-state index is -1.21. The number of fused-ring (bicyclic) bond motifs is 1. The van der Waals surface area contributed by atoms with Crippen molar-refractivity contribution >= 4 is 46.0 Å². The molecule has 0 saturated carbocycles. The van der Waals surface area contributed by atoms with E-state index in [0.717, 1.165) is 16.5 Å². The zero-order chi connectivity index (χ0) is 28.8. The molecule has 41 heavy (non-hydrogen) atoms. The Balaban J connectivity index is 1.33. The van der Waals surface area contributed by atoms with Crippen LogP contribution in [0, 0.1) is 0 Å². The van der Waals surface area contributed by atoms with Gasteiger partial charge in [0.1, 0.15) is 6.04 Å². The van der Waals surface area contributed by atoms with Gasteiger partial charge in [0, 0.05) is 29.1 Å². The van der Waals surface area contributed by atoms with E-state index in [0.29, 0.717) is 11.3 Å². The Morgan fingerprint density at radius 1 is 0.659 bits per heavy atom. The molecular weight excluding hydrogens is 520 g/mol. The lowest BCUT2D eigenvalue weighted by Gasteiger charge is -2.17. The van der Waals surface area contributed by atoms with Crippen LogP contribution in [-0.2, 0) is 11.2 Å². The van der Waals surface area contributed by atoms with Gasteiger partial charge < -0.3 is 26.0 Å². The van der Waals surface area contributed by atoms with Gasteiger partial charge in [0.25, 0.3) is 17.7 Å². The summed E-state index contributed by atoms with van der Waals surface area (Å²) >= 11 is 0. The molecule has 3 amide bonds. The van der Waals surface area contributed by atoms with Gasteiger partial charge in [0.2, 0.25) is 0 Å². The van der Waals surface area contributed by atoms with Gasteiger partial charge in [0.15, 0.2) is 0 Å². The molecule has 0 aliphatic heterocycles. The summed E-state index contributed by atoms with van der Waals surface area (Å²) in [5.41, 5.74) is 2.83. The van der Waals surface area contributed by atoms with Crippen molar-refractivity contribution in [1.29, 1.82) is 0 Å². The highest BCUT2D eigenvalue weighted by atomic mass is 16.4. The average Bonchev–Trinajstić information content (AvgIpc) is 3.40. The molecule has 1 heterocycles. The summed E-state index contributed by atoms with van der Waals surface area (Å²) in [6, 6.07) is 27.7. The van der Waals surface area contributed by atoms with Crippen LogP contribution in [0.2, 0.25) is 0 Å². The number of hydrogen-bond donors (Lipinski definition) is 5. The molecule has 0 unspecified atom stereocenters. The fourth-order valence-electron chi connectivity index (χ4n) is 4.51. The van der Waals surface area contributed by atoms with E-state index in [2.05, 4.69) is 20.9 Å². The molecule has 4 aromatic carbocycles. The number of carbonyl (C=O) groups excluding carboxylic acids is 3. The molecule has 0 spiro atoms. The largest absolute Gasteiger partial charge is 0.480 e. The number of nitrogens with one attached hydrogen (secondary N) is 4. The van der Waals surface area contributed by atoms with Crippen LogP contribution in [0.4, 0.5) is 11.4 Å². The lowest BCUT2D eigenvalue weighted by molar-refractivity contribution is -0.139. The Labute approximate surface area is 235 Å². The van der Waals surface area contributed by atoms with Gasteiger partial charge in [-0.05, 0) is 48.0 Å². The van der Waals surface area contributed by atoms with E-state index in [1.165, 1.54) is 6.07 Å². The Morgan fingerprint density at radius 2 is 1.22 bits per heavy atom. The first-order valence-corrected chi connectivity index (χ1v) is 12.8. The third kappa shape index (κ3) is 6.15. The van der Waals surface area contributed by atoms with Crippen LogP contribution in [0.15, 0.2) is 109 Å². The predicted molar refractivity (Wildman–Crippen MR) is 156 cm³/mol. The fraction of sp³-hybridized carbons (Fsp3) is 0.0625. The maximum Gasteiger partial charge on any atom is 0.326 e. The van der Waals surface area contributed by atoms with E-state index in [-0.39, 0.29) is 29.1 Å². The number of aromatic nitrogens is 1. The Kier molecular flexibility index (Phi) is 7.87. The van der Waals surface area contributed by atoms with E-state index in [1.54, 1.807) is 79.0 Å². The number of para-hydroxylation sites is 3. The Bertz CT molecular complexity index is 1750. The second-order valence-electron chi connectivity index (χ2n) is 9.29. The number of carbonyl (C=O) groups is 4. The van der Waals surface area contributed by atoms with Crippen LogP contribution in [0.3, 0.4) is 0 Å². The van der Waals surface area contributed by atoms with Crippen molar-refractivity contribution in [1.82, 2.24) is 10.3 Å². The number of anilines is 2. The number of hydrogen-bond acceptors (Lipinski definition) is 4. The van der Waals surface area contributed by atoms with Crippen molar-refractivity contribution in [2.45, 2.75) is 12.5 Å². The average molecular weight is 547 g/mol. The maximum absolute atomic E-state index is 13.3. The van der Waals surface area contributed by atoms with Crippen LogP contribution >= 0.6 is 0 Å². The maximum atomic E-state index is 13.3. The van der Waals surface area contributed by atoms with Gasteiger partial charge in [-0.25, -0.2) is 4.79 Å². The standard InChI is InChI=1S/C32H26N4O5/c37-29(20-10-2-1-3-11-20)34-26-16-8-5-13-23(26)30(38)35-27-17-9-6-14-24(27)31(39)36-28(32(40)41)18-21-19-33-25-15-7-4-12-22(21)25/h1-17,19,28,33H,18H2,(H,34,37)(H,35,38)(H,36,39)(H,40,41)/t28-/m0/s1. The second-order valence-corrected chi connectivity index (χ2v) is 9.29. The van der Waals surface area contributed by atoms with Gasteiger partial charge >= 0.3 is 5.97 Å². The molecule has 0 bridgehead atoms. The molecule has 0 saturated heterocycles. The molecule has 0 fully saturated rings. The number of carboxylic acid groups (broad SMARTS) is 1. The Hall–Kier alpha value is -5.70. The van der Waals surface area contributed by atoms with Gasteiger partial charge in [-0.15, -0.1) is 0 Å². The zero-order valence-corrected chi connectivity index (χ0v) is 21.8. The quantitative estimate of drug-likeness (QED) is 0.175. The molecule has 1 aromatic heterocycles. The number of aromatic amines is 1. The predicted octanol–water partition coefficient (Wildman–Crippen LogP) is 5.10. The van der Waals surface area contributed by atoms with E-state index in [1.807, 2.05) is 24.3 Å². The van der Waals surface area contributed by atoms with Crippen LogP contribution in [0.5, 0.6) is 0 Å². The van der Waals surface area contributed by atoms with Crippen molar-refractivity contribution in [3.63, 3.8) is 0 Å². The fourth-order valence-corrected chi connectivity index (χ4v) is 4.51. The first kappa shape index (κ1) is 26.9.